The molecule has 0 spiro atoms. The molecule has 0 amide bonds. The van der Waals surface area contributed by atoms with E-state index in [1.807, 2.05) is 12.1 Å². The third-order valence-electron chi connectivity index (χ3n) is 3.90. The third-order valence-corrected chi connectivity index (χ3v) is 4.70. The fourth-order valence-electron chi connectivity index (χ4n) is 2.46. The molecule has 4 nitrogen and oxygen atoms in total. The van der Waals surface area contributed by atoms with Crippen LogP contribution in [0.25, 0.3) is 11.1 Å². The molecule has 100 valence electrons. The van der Waals surface area contributed by atoms with E-state index in [2.05, 4.69) is 21.6 Å². The second kappa shape index (κ2) is 5.17. The van der Waals surface area contributed by atoms with Gasteiger partial charge < -0.3 is 11.1 Å². The van der Waals surface area contributed by atoms with E-state index >= 15 is 0 Å². The number of pyridine rings is 1. The van der Waals surface area contributed by atoms with Gasteiger partial charge in [-0.3, -0.25) is 4.98 Å². The van der Waals surface area contributed by atoms with E-state index in [0.29, 0.717) is 11.9 Å². The first kappa shape index (κ1) is 12.4. The SMILES string of the molecule is CC(Nc1snc(N)c1-c1ccncc1)C1CCC1. The topological polar surface area (TPSA) is 63.8 Å². The molecule has 2 heterocycles. The van der Waals surface area contributed by atoms with Crippen molar-refractivity contribution in [1.29, 1.82) is 0 Å². The summed E-state index contributed by atoms with van der Waals surface area (Å²) in [4.78, 5) is 4.05. The molecule has 1 unspecified atom stereocenters. The zero-order chi connectivity index (χ0) is 13.2. The van der Waals surface area contributed by atoms with Gasteiger partial charge in [0.15, 0.2) is 0 Å². The standard InChI is InChI=1S/C14H18N4S/c1-9(10-3-2-4-10)17-14-12(13(15)18-19-14)11-5-7-16-8-6-11/h5-10,17H,2-4H2,1H3,(H2,15,18). The summed E-state index contributed by atoms with van der Waals surface area (Å²) in [6.07, 6.45) is 7.58. The van der Waals surface area contributed by atoms with Gasteiger partial charge >= 0.3 is 0 Å². The minimum Gasteiger partial charge on any atom is -0.382 e. The van der Waals surface area contributed by atoms with Crippen molar-refractivity contribution in [2.24, 2.45) is 5.92 Å². The van der Waals surface area contributed by atoms with E-state index in [-0.39, 0.29) is 0 Å². The van der Waals surface area contributed by atoms with Crippen molar-refractivity contribution in [2.45, 2.75) is 32.2 Å². The van der Waals surface area contributed by atoms with Crippen molar-refractivity contribution in [3.05, 3.63) is 24.5 Å². The lowest BCUT2D eigenvalue weighted by Gasteiger charge is -2.32. The quantitative estimate of drug-likeness (QED) is 0.897. The summed E-state index contributed by atoms with van der Waals surface area (Å²) in [5.74, 6) is 1.38. The highest BCUT2D eigenvalue weighted by Gasteiger charge is 2.25. The highest BCUT2D eigenvalue weighted by molar-refractivity contribution is 7.11. The van der Waals surface area contributed by atoms with Gasteiger partial charge in [-0.25, -0.2) is 0 Å². The van der Waals surface area contributed by atoms with Gasteiger partial charge in [0.2, 0.25) is 0 Å². The molecule has 1 saturated carbocycles. The van der Waals surface area contributed by atoms with Gasteiger partial charge in [-0.15, -0.1) is 0 Å². The molecule has 5 heteroatoms. The van der Waals surface area contributed by atoms with E-state index in [4.69, 9.17) is 5.73 Å². The fraction of sp³-hybridized carbons (Fsp3) is 0.429. The summed E-state index contributed by atoms with van der Waals surface area (Å²) in [7, 11) is 0. The van der Waals surface area contributed by atoms with E-state index in [9.17, 15) is 0 Å². The molecule has 0 saturated heterocycles. The summed E-state index contributed by atoms with van der Waals surface area (Å²) in [5, 5.41) is 4.66. The highest BCUT2D eigenvalue weighted by atomic mass is 32.1. The van der Waals surface area contributed by atoms with Crippen LogP contribution in [0, 0.1) is 5.92 Å². The Morgan fingerprint density at radius 2 is 2.11 bits per heavy atom. The second-order valence-electron chi connectivity index (χ2n) is 5.13. The van der Waals surface area contributed by atoms with E-state index in [1.165, 1.54) is 30.8 Å². The molecule has 2 aromatic heterocycles. The molecule has 1 aliphatic carbocycles. The lowest BCUT2D eigenvalue weighted by Crippen LogP contribution is -2.30. The van der Waals surface area contributed by atoms with Crippen LogP contribution in [0.4, 0.5) is 10.8 Å². The normalized spacial score (nSPS) is 16.9. The smallest absolute Gasteiger partial charge is 0.147 e. The van der Waals surface area contributed by atoms with Crippen LogP contribution in [-0.2, 0) is 0 Å². The van der Waals surface area contributed by atoms with Gasteiger partial charge in [0.25, 0.3) is 0 Å². The summed E-state index contributed by atoms with van der Waals surface area (Å²) in [6.45, 7) is 2.25. The molecule has 0 aromatic carbocycles. The maximum Gasteiger partial charge on any atom is 0.147 e. The predicted octanol–water partition coefficient (Wildman–Crippen LogP) is 3.39. The third kappa shape index (κ3) is 2.42. The molecule has 3 rings (SSSR count). The average Bonchev–Trinajstić information content (AvgIpc) is 2.69. The number of rotatable bonds is 4. The van der Waals surface area contributed by atoms with Crippen LogP contribution >= 0.6 is 11.5 Å². The molecule has 1 fully saturated rings. The zero-order valence-electron chi connectivity index (χ0n) is 11.0. The number of anilines is 2. The van der Waals surface area contributed by atoms with Gasteiger partial charge in [-0.2, -0.15) is 4.37 Å². The molecule has 2 aromatic rings. The van der Waals surface area contributed by atoms with E-state index in [0.717, 1.165) is 22.0 Å². The second-order valence-corrected chi connectivity index (χ2v) is 5.91. The number of nitrogens with zero attached hydrogens (tertiary/aromatic N) is 2. The summed E-state index contributed by atoms with van der Waals surface area (Å²) in [5.41, 5.74) is 8.10. The van der Waals surface area contributed by atoms with E-state index < -0.39 is 0 Å². The maximum atomic E-state index is 6.01. The van der Waals surface area contributed by atoms with Crippen molar-refractivity contribution >= 4 is 22.4 Å². The van der Waals surface area contributed by atoms with Gasteiger partial charge in [0, 0.05) is 18.4 Å². The Labute approximate surface area is 117 Å². The first-order valence-corrected chi connectivity index (χ1v) is 7.45. The maximum absolute atomic E-state index is 6.01. The lowest BCUT2D eigenvalue weighted by molar-refractivity contribution is 0.285. The van der Waals surface area contributed by atoms with Crippen LogP contribution in [-0.4, -0.2) is 15.4 Å². The number of nitrogens with two attached hydrogens (primary N) is 1. The van der Waals surface area contributed by atoms with Gasteiger partial charge in [-0.1, -0.05) is 6.42 Å². The van der Waals surface area contributed by atoms with Crippen molar-refractivity contribution < 1.29 is 0 Å². The van der Waals surface area contributed by atoms with Gasteiger partial charge in [0.1, 0.15) is 10.8 Å². The van der Waals surface area contributed by atoms with Crippen molar-refractivity contribution in [3.63, 3.8) is 0 Å². The minimum atomic E-state index is 0.481. The Kier molecular flexibility index (Phi) is 3.38. The first-order chi connectivity index (χ1) is 9.25. The van der Waals surface area contributed by atoms with Crippen LogP contribution in [0.3, 0.4) is 0 Å². The minimum absolute atomic E-state index is 0.481. The number of aromatic nitrogens is 2. The number of hydrogen-bond acceptors (Lipinski definition) is 5. The average molecular weight is 274 g/mol. The Morgan fingerprint density at radius 1 is 1.37 bits per heavy atom. The van der Waals surface area contributed by atoms with Crippen molar-refractivity contribution in [2.75, 3.05) is 11.1 Å². The summed E-state index contributed by atoms with van der Waals surface area (Å²) in [6, 6.07) is 4.42. The molecular formula is C14H18N4S. The predicted molar refractivity (Wildman–Crippen MR) is 80.2 cm³/mol. The fourth-order valence-corrected chi connectivity index (χ4v) is 3.30. The van der Waals surface area contributed by atoms with Gasteiger partial charge in [0.05, 0.1) is 5.56 Å². The Bertz CT molecular complexity index is 548. The van der Waals surface area contributed by atoms with Crippen molar-refractivity contribution in [1.82, 2.24) is 9.36 Å². The molecular weight excluding hydrogens is 256 g/mol. The molecule has 0 radical (unpaired) electrons. The highest BCUT2D eigenvalue weighted by Crippen LogP contribution is 2.39. The summed E-state index contributed by atoms with van der Waals surface area (Å²) >= 11 is 1.44. The number of hydrogen-bond donors (Lipinski definition) is 2. The molecule has 1 aliphatic rings. The number of nitrogen functional groups attached to an aromatic ring is 1. The summed E-state index contributed by atoms with van der Waals surface area (Å²) < 4.78 is 4.29. The Balaban J connectivity index is 1.86. The largest absolute Gasteiger partial charge is 0.382 e. The van der Waals surface area contributed by atoms with E-state index in [1.54, 1.807) is 12.4 Å². The number of nitrogens with one attached hydrogen (secondary N) is 1. The van der Waals surface area contributed by atoms with Crippen molar-refractivity contribution in [3.8, 4) is 11.1 Å². The van der Waals surface area contributed by atoms with Crippen LogP contribution in [0.15, 0.2) is 24.5 Å². The lowest BCUT2D eigenvalue weighted by atomic mass is 9.80. The molecule has 0 aliphatic heterocycles. The van der Waals surface area contributed by atoms with Gasteiger partial charge in [-0.05, 0) is 54.9 Å². The van der Waals surface area contributed by atoms with Crippen LogP contribution < -0.4 is 11.1 Å². The van der Waals surface area contributed by atoms with Crippen LogP contribution in [0.1, 0.15) is 26.2 Å². The molecule has 3 N–H and O–H groups in total. The first-order valence-electron chi connectivity index (χ1n) is 6.68. The van der Waals surface area contributed by atoms with Crippen LogP contribution in [0.2, 0.25) is 0 Å². The molecule has 0 bridgehead atoms. The van der Waals surface area contributed by atoms with Crippen LogP contribution in [0.5, 0.6) is 0 Å². The molecule has 1 atom stereocenters. The molecule has 19 heavy (non-hydrogen) atoms. The Hall–Kier alpha value is -1.62. The zero-order valence-corrected chi connectivity index (χ0v) is 11.8. The monoisotopic (exact) mass is 274 g/mol. The Morgan fingerprint density at radius 3 is 2.74 bits per heavy atom.